The zero-order chi connectivity index (χ0) is 22.4. The summed E-state index contributed by atoms with van der Waals surface area (Å²) in [5.41, 5.74) is 1.02. The van der Waals surface area contributed by atoms with Crippen LogP contribution in [0.15, 0.2) is 123 Å². The standard InChI is InChI=1S/2C6H6.2C6H12.C5H8/c2*1-2-4-6-5-3-1;2*1-3-5-6-4-2;1-4-5(2)3/h2*1-6H;2*3H,1,4-6H2,2H3;4H,1-2H2,3H3. The molecule has 0 fully saturated rings. The molecule has 0 aromatic heterocycles. The van der Waals surface area contributed by atoms with Gasteiger partial charge in [0.2, 0.25) is 0 Å². The Labute approximate surface area is 182 Å². The molecule has 0 unspecified atom stereocenters. The summed E-state index contributed by atoms with van der Waals surface area (Å²) in [6, 6.07) is 24.0. The Hall–Kier alpha value is -2.60. The Balaban J connectivity index is -0.000000292. The molecule has 0 radical (unpaired) electrons. The molecular formula is C29H44. The van der Waals surface area contributed by atoms with Gasteiger partial charge in [0.15, 0.2) is 0 Å². The van der Waals surface area contributed by atoms with Crippen LogP contribution in [0.1, 0.15) is 59.3 Å². The summed E-state index contributed by atoms with van der Waals surface area (Å²) in [6.45, 7) is 20.5. The maximum absolute atomic E-state index is 3.60. The van der Waals surface area contributed by atoms with E-state index >= 15 is 0 Å². The molecule has 0 N–H and O–H groups in total. The van der Waals surface area contributed by atoms with E-state index in [0.29, 0.717) is 0 Å². The molecule has 0 bridgehead atoms. The Morgan fingerprint density at radius 1 is 0.586 bits per heavy atom. The van der Waals surface area contributed by atoms with E-state index < -0.39 is 0 Å². The van der Waals surface area contributed by atoms with E-state index in [9.17, 15) is 0 Å². The fourth-order valence-corrected chi connectivity index (χ4v) is 1.47. The quantitative estimate of drug-likeness (QED) is 0.250. The molecule has 2 aromatic rings. The van der Waals surface area contributed by atoms with Crippen LogP contribution in [-0.2, 0) is 0 Å². The summed E-state index contributed by atoms with van der Waals surface area (Å²) in [5, 5.41) is 0. The summed E-state index contributed by atoms with van der Waals surface area (Å²) in [6.07, 6.45) is 13.2. The lowest BCUT2D eigenvalue weighted by atomic mass is 10.3. The topological polar surface area (TPSA) is 0 Å². The number of hydrogen-bond acceptors (Lipinski definition) is 0. The van der Waals surface area contributed by atoms with Crippen molar-refractivity contribution in [1.82, 2.24) is 0 Å². The lowest BCUT2D eigenvalue weighted by Crippen LogP contribution is -1.61. The van der Waals surface area contributed by atoms with Crippen LogP contribution in [0.5, 0.6) is 0 Å². The first-order chi connectivity index (χ1) is 14.1. The third-order valence-corrected chi connectivity index (χ3v) is 3.21. The molecule has 0 nitrogen and oxygen atoms in total. The largest absolute Gasteiger partial charge is 0.103 e. The van der Waals surface area contributed by atoms with Crippen molar-refractivity contribution in [3.63, 3.8) is 0 Å². The van der Waals surface area contributed by atoms with Crippen LogP contribution >= 0.6 is 0 Å². The van der Waals surface area contributed by atoms with Gasteiger partial charge >= 0.3 is 0 Å². The van der Waals surface area contributed by atoms with E-state index in [1.807, 2.05) is 91.9 Å². The van der Waals surface area contributed by atoms with Crippen molar-refractivity contribution in [2.24, 2.45) is 0 Å². The summed E-state index contributed by atoms with van der Waals surface area (Å²) >= 11 is 0. The van der Waals surface area contributed by atoms with Crippen molar-refractivity contribution >= 4 is 0 Å². The van der Waals surface area contributed by atoms with Crippen molar-refractivity contribution < 1.29 is 0 Å². The van der Waals surface area contributed by atoms with Crippen LogP contribution in [-0.4, -0.2) is 0 Å². The predicted octanol–water partition coefficient (Wildman–Crippen LogP) is 9.85. The number of rotatable bonds is 7. The van der Waals surface area contributed by atoms with Gasteiger partial charge in [0, 0.05) is 0 Å². The maximum Gasteiger partial charge on any atom is -0.0354 e. The molecule has 0 spiro atoms. The number of hydrogen-bond donors (Lipinski definition) is 0. The second-order valence-corrected chi connectivity index (χ2v) is 6.22. The molecule has 0 heteroatoms. The van der Waals surface area contributed by atoms with Crippen LogP contribution in [0, 0.1) is 0 Å². The molecular weight excluding hydrogens is 348 g/mol. The van der Waals surface area contributed by atoms with Gasteiger partial charge in [-0.1, -0.05) is 149 Å². The van der Waals surface area contributed by atoms with Crippen LogP contribution in [0.2, 0.25) is 0 Å². The minimum absolute atomic E-state index is 1.02. The van der Waals surface area contributed by atoms with Crippen molar-refractivity contribution in [2.45, 2.75) is 59.3 Å². The molecule has 0 saturated carbocycles. The predicted molar refractivity (Wildman–Crippen MR) is 137 cm³/mol. The third-order valence-electron chi connectivity index (χ3n) is 3.21. The SMILES string of the molecule is C=CC(=C)C.C=CCCCC.C=CCCCC.c1ccccc1.c1ccccc1. The van der Waals surface area contributed by atoms with E-state index in [-0.39, 0.29) is 0 Å². The second kappa shape index (κ2) is 33.0. The maximum atomic E-state index is 3.60. The monoisotopic (exact) mass is 392 g/mol. The molecule has 2 aromatic carbocycles. The molecule has 160 valence electrons. The molecule has 0 atom stereocenters. The lowest BCUT2D eigenvalue weighted by molar-refractivity contribution is 0.816. The number of allylic oxidation sites excluding steroid dienone is 4. The van der Waals surface area contributed by atoms with E-state index in [4.69, 9.17) is 0 Å². The Kier molecular flexibility index (Phi) is 35.4. The minimum atomic E-state index is 1.02. The molecule has 0 amide bonds. The van der Waals surface area contributed by atoms with Gasteiger partial charge in [-0.3, -0.25) is 0 Å². The van der Waals surface area contributed by atoms with Crippen molar-refractivity contribution in [3.05, 3.63) is 123 Å². The highest BCUT2D eigenvalue weighted by atomic mass is 13.8. The fraction of sp³-hybridized carbons (Fsp3) is 0.310. The first-order valence-corrected chi connectivity index (χ1v) is 10.6. The van der Waals surface area contributed by atoms with Crippen molar-refractivity contribution in [3.8, 4) is 0 Å². The van der Waals surface area contributed by atoms with Crippen LogP contribution < -0.4 is 0 Å². The smallest absolute Gasteiger partial charge is 0.0354 e. The summed E-state index contributed by atoms with van der Waals surface area (Å²) < 4.78 is 0. The molecule has 0 saturated heterocycles. The van der Waals surface area contributed by atoms with Gasteiger partial charge in [-0.05, 0) is 19.8 Å². The molecule has 2 rings (SSSR count). The molecule has 0 aliphatic heterocycles. The van der Waals surface area contributed by atoms with Gasteiger partial charge in [-0.2, -0.15) is 0 Å². The Morgan fingerprint density at radius 2 is 0.793 bits per heavy atom. The molecule has 0 aliphatic carbocycles. The summed E-state index contributed by atoms with van der Waals surface area (Å²) in [4.78, 5) is 0. The van der Waals surface area contributed by atoms with Crippen molar-refractivity contribution in [1.29, 1.82) is 0 Å². The van der Waals surface area contributed by atoms with Gasteiger partial charge in [0.1, 0.15) is 0 Å². The highest BCUT2D eigenvalue weighted by Gasteiger charge is 1.72. The lowest BCUT2D eigenvalue weighted by Gasteiger charge is -1.81. The van der Waals surface area contributed by atoms with Crippen LogP contribution in [0.25, 0.3) is 0 Å². The van der Waals surface area contributed by atoms with E-state index in [2.05, 4.69) is 40.2 Å². The van der Waals surface area contributed by atoms with Gasteiger partial charge in [-0.25, -0.2) is 0 Å². The first kappa shape index (κ1) is 31.1. The second-order valence-electron chi connectivity index (χ2n) is 6.22. The van der Waals surface area contributed by atoms with Gasteiger partial charge < -0.3 is 0 Å². The zero-order valence-corrected chi connectivity index (χ0v) is 19.2. The number of unbranched alkanes of at least 4 members (excludes halogenated alkanes) is 4. The van der Waals surface area contributed by atoms with Gasteiger partial charge in [0.25, 0.3) is 0 Å². The zero-order valence-electron chi connectivity index (χ0n) is 19.2. The normalized spacial score (nSPS) is 7.83. The van der Waals surface area contributed by atoms with Gasteiger partial charge in [0.05, 0.1) is 0 Å². The van der Waals surface area contributed by atoms with Gasteiger partial charge in [-0.15, -0.1) is 13.2 Å². The average Bonchev–Trinajstić information content (AvgIpc) is 2.80. The number of benzene rings is 2. The van der Waals surface area contributed by atoms with E-state index in [1.54, 1.807) is 6.08 Å². The van der Waals surface area contributed by atoms with Crippen LogP contribution in [0.3, 0.4) is 0 Å². The highest BCUT2D eigenvalue weighted by Crippen LogP contribution is 1.92. The van der Waals surface area contributed by atoms with E-state index in [0.717, 1.165) is 5.57 Å². The molecule has 0 heterocycles. The third kappa shape index (κ3) is 45.9. The van der Waals surface area contributed by atoms with Crippen molar-refractivity contribution in [2.75, 3.05) is 0 Å². The minimum Gasteiger partial charge on any atom is -0.103 e. The highest BCUT2D eigenvalue weighted by molar-refractivity contribution is 5.06. The summed E-state index contributed by atoms with van der Waals surface area (Å²) in [7, 11) is 0. The summed E-state index contributed by atoms with van der Waals surface area (Å²) in [5.74, 6) is 0. The first-order valence-electron chi connectivity index (χ1n) is 10.6. The fourth-order valence-electron chi connectivity index (χ4n) is 1.47. The molecule has 29 heavy (non-hydrogen) atoms. The Bertz CT molecular complexity index is 440. The molecule has 0 aliphatic rings. The van der Waals surface area contributed by atoms with E-state index in [1.165, 1.54) is 38.5 Å². The Morgan fingerprint density at radius 3 is 0.862 bits per heavy atom. The van der Waals surface area contributed by atoms with Crippen LogP contribution in [0.4, 0.5) is 0 Å². The average molecular weight is 393 g/mol.